The van der Waals surface area contributed by atoms with Crippen molar-refractivity contribution >= 4 is 17.7 Å². The van der Waals surface area contributed by atoms with Gasteiger partial charge in [0, 0.05) is 17.2 Å². The second-order valence-electron chi connectivity index (χ2n) is 5.32. The molecule has 1 aromatic rings. The maximum Gasteiger partial charge on any atom is 0.411 e. The quantitative estimate of drug-likeness (QED) is 0.667. The fraction of sp³-hybridized carbons (Fsp3) is 0.429. The number of methoxy groups -OCH3 is 1. The highest BCUT2D eigenvalue weighted by atomic mass is 19.4. The number of hydrazine groups is 1. The van der Waals surface area contributed by atoms with E-state index in [1.165, 1.54) is 32.2 Å². The van der Waals surface area contributed by atoms with Gasteiger partial charge in [0.1, 0.15) is 6.04 Å². The molecule has 1 aliphatic heterocycles. The zero-order valence-electron chi connectivity index (χ0n) is 12.9. The summed E-state index contributed by atoms with van der Waals surface area (Å²) in [7, 11) is 1.20. The van der Waals surface area contributed by atoms with Crippen molar-refractivity contribution in [3.8, 4) is 0 Å². The Balaban J connectivity index is 2.03. The van der Waals surface area contributed by atoms with Gasteiger partial charge in [0.25, 0.3) is 5.91 Å². The molecule has 1 heterocycles. The van der Waals surface area contributed by atoms with Crippen LogP contribution in [0, 0.1) is 5.92 Å². The Morgan fingerprint density at radius 3 is 2.54 bits per heavy atom. The van der Waals surface area contributed by atoms with E-state index in [1.807, 2.05) is 0 Å². The number of nitrogens with one attached hydrogen (secondary N) is 4. The lowest BCUT2D eigenvalue weighted by molar-refractivity contribution is -0.160. The van der Waals surface area contributed by atoms with Crippen molar-refractivity contribution in [2.24, 2.45) is 5.92 Å². The molecular formula is C14H17F3N4O3. The first kappa shape index (κ1) is 18.0. The third-order valence-corrected chi connectivity index (χ3v) is 3.64. The highest BCUT2D eigenvalue weighted by Crippen LogP contribution is 2.29. The second kappa shape index (κ2) is 7.05. The van der Waals surface area contributed by atoms with Crippen molar-refractivity contribution in [2.45, 2.75) is 25.3 Å². The van der Waals surface area contributed by atoms with Crippen molar-refractivity contribution in [1.29, 1.82) is 0 Å². The van der Waals surface area contributed by atoms with Gasteiger partial charge in [-0.15, -0.1) is 0 Å². The highest BCUT2D eigenvalue weighted by Gasteiger charge is 2.49. The van der Waals surface area contributed by atoms with Crippen molar-refractivity contribution in [1.82, 2.24) is 16.2 Å². The Bertz CT molecular complexity index is 624. The van der Waals surface area contributed by atoms with Gasteiger partial charge in [-0.05, 0) is 18.2 Å². The van der Waals surface area contributed by atoms with Crippen LogP contribution >= 0.6 is 0 Å². The first-order chi connectivity index (χ1) is 11.2. The van der Waals surface area contributed by atoms with Crippen LogP contribution in [-0.2, 0) is 4.74 Å². The zero-order chi connectivity index (χ0) is 17.9. The average molecular weight is 346 g/mol. The van der Waals surface area contributed by atoms with Gasteiger partial charge in [0.15, 0.2) is 0 Å². The molecule has 0 bridgehead atoms. The van der Waals surface area contributed by atoms with Gasteiger partial charge in [-0.2, -0.15) is 13.2 Å². The first-order valence-corrected chi connectivity index (χ1v) is 7.06. The van der Waals surface area contributed by atoms with Crippen LogP contribution in [0.1, 0.15) is 17.3 Å². The van der Waals surface area contributed by atoms with E-state index in [1.54, 1.807) is 6.07 Å². The van der Waals surface area contributed by atoms with Gasteiger partial charge < -0.3 is 10.1 Å². The third-order valence-electron chi connectivity index (χ3n) is 3.64. The van der Waals surface area contributed by atoms with E-state index < -0.39 is 36.3 Å². The number of ether oxygens (including phenoxy) is 1. The predicted octanol–water partition coefficient (Wildman–Crippen LogP) is 1.60. The van der Waals surface area contributed by atoms with Gasteiger partial charge >= 0.3 is 12.3 Å². The lowest BCUT2D eigenvalue weighted by Crippen LogP contribution is -2.46. The Hall–Kier alpha value is -2.33. The van der Waals surface area contributed by atoms with Crippen LogP contribution in [-0.4, -0.2) is 37.5 Å². The number of carbonyl (C=O) groups is 2. The number of halogens is 3. The van der Waals surface area contributed by atoms with Gasteiger partial charge in [-0.25, -0.2) is 15.6 Å². The molecular weight excluding hydrogens is 329 g/mol. The van der Waals surface area contributed by atoms with Crippen LogP contribution in [0.3, 0.4) is 0 Å². The minimum absolute atomic E-state index is 0.188. The minimum atomic E-state index is -4.42. The van der Waals surface area contributed by atoms with Crippen molar-refractivity contribution < 1.29 is 27.5 Å². The normalized spacial score (nSPS) is 23.6. The molecule has 1 saturated heterocycles. The molecule has 1 aromatic carbocycles. The molecule has 0 saturated carbocycles. The summed E-state index contributed by atoms with van der Waals surface area (Å²) in [6, 6.07) is 4.19. The summed E-state index contributed by atoms with van der Waals surface area (Å²) in [5.74, 6) is -1.47. The monoisotopic (exact) mass is 346 g/mol. The molecule has 1 aliphatic rings. The summed E-state index contributed by atoms with van der Waals surface area (Å²) in [4.78, 5) is 23.4. The molecule has 7 nitrogen and oxygen atoms in total. The van der Waals surface area contributed by atoms with Crippen LogP contribution in [0.4, 0.5) is 23.7 Å². The molecule has 0 aromatic heterocycles. The lowest BCUT2D eigenvalue weighted by Gasteiger charge is -2.21. The second-order valence-corrected chi connectivity index (χ2v) is 5.32. The lowest BCUT2D eigenvalue weighted by atomic mass is 10.0. The molecule has 10 heteroatoms. The predicted molar refractivity (Wildman–Crippen MR) is 79.0 cm³/mol. The number of amides is 2. The number of hydrogen-bond acceptors (Lipinski definition) is 5. The fourth-order valence-corrected chi connectivity index (χ4v) is 2.31. The number of rotatable bonds is 3. The summed E-state index contributed by atoms with van der Waals surface area (Å²) in [6.07, 6.45) is -6.01. The van der Waals surface area contributed by atoms with Crippen LogP contribution in [0.15, 0.2) is 24.3 Å². The molecule has 3 unspecified atom stereocenters. The van der Waals surface area contributed by atoms with E-state index in [0.717, 1.165) is 0 Å². The summed E-state index contributed by atoms with van der Waals surface area (Å²) in [5, 5.41) is 4.88. The molecule has 1 fully saturated rings. The fourth-order valence-electron chi connectivity index (χ4n) is 2.31. The molecule has 2 amide bonds. The Kier molecular flexibility index (Phi) is 5.30. The van der Waals surface area contributed by atoms with Gasteiger partial charge in [-0.1, -0.05) is 13.0 Å². The largest absolute Gasteiger partial charge is 0.453 e. The van der Waals surface area contributed by atoms with Crippen LogP contribution in [0.5, 0.6) is 0 Å². The summed E-state index contributed by atoms with van der Waals surface area (Å²) >= 11 is 0. The number of carbonyl (C=O) groups excluding carboxylic acids is 2. The van der Waals surface area contributed by atoms with Gasteiger partial charge in [0.2, 0.25) is 0 Å². The molecule has 132 valence electrons. The molecule has 0 aliphatic carbocycles. The molecule has 2 rings (SSSR count). The molecule has 4 N–H and O–H groups in total. The van der Waals surface area contributed by atoms with E-state index in [-0.39, 0.29) is 5.56 Å². The topological polar surface area (TPSA) is 91.5 Å². The van der Waals surface area contributed by atoms with E-state index in [9.17, 15) is 22.8 Å². The number of benzene rings is 1. The van der Waals surface area contributed by atoms with Crippen LogP contribution in [0.25, 0.3) is 0 Å². The molecule has 0 spiro atoms. The number of alkyl halides is 3. The van der Waals surface area contributed by atoms with Crippen LogP contribution in [0.2, 0.25) is 0 Å². The molecule has 24 heavy (non-hydrogen) atoms. The van der Waals surface area contributed by atoms with Crippen LogP contribution < -0.4 is 21.5 Å². The van der Waals surface area contributed by atoms with Crippen molar-refractivity contribution in [3.63, 3.8) is 0 Å². The summed E-state index contributed by atoms with van der Waals surface area (Å²) < 4.78 is 42.8. The smallest absolute Gasteiger partial charge is 0.411 e. The Morgan fingerprint density at radius 2 is 1.96 bits per heavy atom. The van der Waals surface area contributed by atoms with E-state index in [4.69, 9.17) is 0 Å². The maximum absolute atomic E-state index is 12.8. The number of anilines is 1. The number of hydrogen-bond donors (Lipinski definition) is 4. The molecule has 0 radical (unpaired) electrons. The molecule has 3 atom stereocenters. The SMILES string of the molecule is COC(=O)Nc1cccc(C(=O)NC2NNC(C(F)(F)F)C2C)c1. The summed E-state index contributed by atoms with van der Waals surface area (Å²) in [6.45, 7) is 1.38. The van der Waals surface area contributed by atoms with Gasteiger partial charge in [-0.3, -0.25) is 10.1 Å². The van der Waals surface area contributed by atoms with E-state index >= 15 is 0 Å². The van der Waals surface area contributed by atoms with Crippen molar-refractivity contribution in [2.75, 3.05) is 12.4 Å². The third kappa shape index (κ3) is 4.15. The zero-order valence-corrected chi connectivity index (χ0v) is 12.9. The van der Waals surface area contributed by atoms with E-state index in [2.05, 4.69) is 26.2 Å². The average Bonchev–Trinajstić information content (AvgIpc) is 2.88. The van der Waals surface area contributed by atoms with Gasteiger partial charge in [0.05, 0.1) is 13.3 Å². The first-order valence-electron chi connectivity index (χ1n) is 7.06. The highest BCUT2D eigenvalue weighted by molar-refractivity contribution is 5.96. The van der Waals surface area contributed by atoms with Crippen molar-refractivity contribution in [3.05, 3.63) is 29.8 Å². The Labute approximate surface area is 135 Å². The summed E-state index contributed by atoms with van der Waals surface area (Å²) in [5.41, 5.74) is 5.08. The standard InChI is InChI=1S/C14H17F3N4O3/c1-7-10(14(15,16)17)20-21-11(7)19-12(22)8-4-3-5-9(6-8)18-13(23)24-2/h3-7,10-11,20-21H,1-2H3,(H,18,23)(H,19,22). The minimum Gasteiger partial charge on any atom is -0.453 e. The maximum atomic E-state index is 12.8. The Morgan fingerprint density at radius 1 is 1.25 bits per heavy atom. The van der Waals surface area contributed by atoms with E-state index in [0.29, 0.717) is 5.69 Å².